The highest BCUT2D eigenvalue weighted by Crippen LogP contribution is 2.34. The number of nitrogens with zero attached hydrogens (tertiary/aromatic N) is 4. The highest BCUT2D eigenvalue weighted by molar-refractivity contribution is 7.89. The molecular weight excluding hydrogens is 668 g/mol. The van der Waals surface area contributed by atoms with Crippen molar-refractivity contribution in [1.82, 2.24) is 18.8 Å². The Labute approximate surface area is 292 Å². The van der Waals surface area contributed by atoms with Crippen LogP contribution < -0.4 is 24.8 Å². The lowest BCUT2D eigenvalue weighted by Crippen LogP contribution is -2.48. The van der Waals surface area contributed by atoms with E-state index < -0.39 is 34.1 Å². The Bertz CT molecular complexity index is 1770. The van der Waals surface area contributed by atoms with Gasteiger partial charge >= 0.3 is 6.03 Å². The molecule has 0 bridgehead atoms. The monoisotopic (exact) mass is 714 g/mol. The van der Waals surface area contributed by atoms with E-state index in [4.69, 9.17) is 18.9 Å². The van der Waals surface area contributed by atoms with Gasteiger partial charge in [-0.25, -0.2) is 18.2 Å². The molecule has 272 valence electrons. The minimum Gasteiger partial charge on any atom is -0.490 e. The topological polar surface area (TPSA) is 174 Å². The Hall–Kier alpha value is -4.38. The first-order valence-corrected chi connectivity index (χ1v) is 18.1. The number of aliphatic hydroxyl groups excluding tert-OH is 1. The van der Waals surface area contributed by atoms with Crippen molar-refractivity contribution in [3.8, 4) is 17.2 Å². The van der Waals surface area contributed by atoms with Gasteiger partial charge in [0, 0.05) is 63.3 Å². The highest BCUT2D eigenvalue weighted by atomic mass is 32.2. The van der Waals surface area contributed by atoms with E-state index in [1.54, 1.807) is 54.9 Å². The third-order valence-electron chi connectivity index (χ3n) is 8.73. The van der Waals surface area contributed by atoms with Crippen molar-refractivity contribution in [3.63, 3.8) is 0 Å². The second-order valence-corrected chi connectivity index (χ2v) is 14.8. The Morgan fingerprint density at radius 1 is 1.08 bits per heavy atom. The normalized spacial score (nSPS) is 20.8. The summed E-state index contributed by atoms with van der Waals surface area (Å²) >= 11 is 0. The molecule has 0 saturated heterocycles. The summed E-state index contributed by atoms with van der Waals surface area (Å²) in [6.45, 7) is 5.88. The van der Waals surface area contributed by atoms with E-state index in [2.05, 4.69) is 15.6 Å². The van der Waals surface area contributed by atoms with Gasteiger partial charge in [0.15, 0.2) is 16.5 Å². The number of aromatic nitrogens is 2. The molecule has 2 aliphatic heterocycles. The minimum absolute atomic E-state index is 0.0261. The number of carbonyl (C=O) groups excluding carboxylic acids is 2. The smallest absolute Gasteiger partial charge is 0.323 e. The number of fused-ring (bicyclic) bond motifs is 2. The fourth-order valence-electron chi connectivity index (χ4n) is 5.76. The second kappa shape index (κ2) is 16.1. The first kappa shape index (κ1) is 36.9. The summed E-state index contributed by atoms with van der Waals surface area (Å²) in [6.07, 6.45) is 4.22. The quantitative estimate of drug-likeness (QED) is 0.311. The standard InChI is InChI=1S/C34H46N6O9S/c1-22-16-40(23(2)19-41)33(42)27-14-25(36-34(43)37-26-10-12-29-30(15-26)48-21-47-29)9-11-28(27)49-24(3)8-6-7-13-46-31(22)17-39(5)50(44,45)32-18-38(4)20-35-32/h9-12,14-15,18,20,22-24,31,41H,6-8,13,16-17,19,21H2,1-5H3,(H2,36,37,43)/t22-,23+,24+,31+/m0/s1. The Morgan fingerprint density at radius 2 is 1.78 bits per heavy atom. The van der Waals surface area contributed by atoms with E-state index >= 15 is 0 Å². The predicted molar refractivity (Wildman–Crippen MR) is 185 cm³/mol. The zero-order valence-electron chi connectivity index (χ0n) is 29.0. The van der Waals surface area contributed by atoms with Gasteiger partial charge in [-0.05, 0) is 63.4 Å². The van der Waals surface area contributed by atoms with E-state index in [1.807, 2.05) is 13.8 Å². The van der Waals surface area contributed by atoms with Gasteiger partial charge in [-0.15, -0.1) is 0 Å². The van der Waals surface area contributed by atoms with Crippen LogP contribution in [0.3, 0.4) is 0 Å². The van der Waals surface area contributed by atoms with Gasteiger partial charge in [-0.2, -0.15) is 4.31 Å². The third-order valence-corrected chi connectivity index (χ3v) is 10.4. The van der Waals surface area contributed by atoms with Crippen LogP contribution in [0, 0.1) is 5.92 Å². The number of imidazole rings is 1. The van der Waals surface area contributed by atoms with Gasteiger partial charge in [0.1, 0.15) is 5.75 Å². The maximum absolute atomic E-state index is 14.4. The van der Waals surface area contributed by atoms with Crippen molar-refractivity contribution in [2.75, 3.05) is 50.8 Å². The summed E-state index contributed by atoms with van der Waals surface area (Å²) in [4.78, 5) is 32.9. The number of benzene rings is 2. The van der Waals surface area contributed by atoms with Crippen LogP contribution in [-0.4, -0.2) is 103 Å². The van der Waals surface area contributed by atoms with Gasteiger partial charge in [-0.1, -0.05) is 6.92 Å². The first-order valence-electron chi connectivity index (χ1n) is 16.6. The Balaban J connectivity index is 1.39. The summed E-state index contributed by atoms with van der Waals surface area (Å²) in [7, 11) is -0.720. The van der Waals surface area contributed by atoms with Crippen LogP contribution in [-0.2, 0) is 21.8 Å². The fraction of sp³-hybridized carbons (Fsp3) is 0.500. The average molecular weight is 715 g/mol. The lowest BCUT2D eigenvalue weighted by atomic mass is 10.0. The second-order valence-electron chi connectivity index (χ2n) is 12.8. The van der Waals surface area contributed by atoms with Crippen molar-refractivity contribution in [1.29, 1.82) is 0 Å². The molecule has 3 amide bonds. The number of hydrogen-bond donors (Lipinski definition) is 3. The molecule has 4 atom stereocenters. The summed E-state index contributed by atoms with van der Waals surface area (Å²) in [6, 6.07) is 8.76. The number of aliphatic hydroxyl groups is 1. The molecule has 16 heteroatoms. The number of rotatable bonds is 8. The van der Waals surface area contributed by atoms with E-state index in [-0.39, 0.29) is 49.1 Å². The number of carbonyl (C=O) groups is 2. The number of likely N-dealkylation sites (N-methyl/N-ethyl adjacent to an activating group) is 1. The molecule has 2 aromatic carbocycles. The molecule has 3 heterocycles. The van der Waals surface area contributed by atoms with Crippen molar-refractivity contribution in [2.45, 2.75) is 63.3 Å². The number of ether oxygens (including phenoxy) is 4. The molecule has 0 saturated carbocycles. The van der Waals surface area contributed by atoms with Gasteiger partial charge in [0.25, 0.3) is 15.9 Å². The molecule has 0 aliphatic carbocycles. The van der Waals surface area contributed by atoms with Gasteiger partial charge in [0.2, 0.25) is 6.79 Å². The molecule has 3 N–H and O–H groups in total. The zero-order valence-corrected chi connectivity index (χ0v) is 29.8. The molecule has 0 radical (unpaired) electrons. The molecule has 0 spiro atoms. The van der Waals surface area contributed by atoms with E-state index in [1.165, 1.54) is 28.8 Å². The molecule has 0 fully saturated rings. The van der Waals surface area contributed by atoms with Crippen LogP contribution in [0.1, 0.15) is 50.4 Å². The number of nitrogens with one attached hydrogen (secondary N) is 2. The largest absolute Gasteiger partial charge is 0.490 e. The number of sulfonamides is 1. The maximum Gasteiger partial charge on any atom is 0.323 e. The van der Waals surface area contributed by atoms with Crippen molar-refractivity contribution < 1.29 is 42.1 Å². The van der Waals surface area contributed by atoms with Crippen LogP contribution in [0.15, 0.2) is 53.9 Å². The van der Waals surface area contributed by atoms with Crippen LogP contribution in [0.2, 0.25) is 0 Å². The molecular formula is C34H46N6O9S. The van der Waals surface area contributed by atoms with Gasteiger partial charge < -0.3 is 44.2 Å². The maximum atomic E-state index is 14.4. The van der Waals surface area contributed by atoms with Crippen molar-refractivity contribution in [2.24, 2.45) is 13.0 Å². The Kier molecular flexibility index (Phi) is 11.9. The Morgan fingerprint density at radius 3 is 2.48 bits per heavy atom. The number of anilines is 2. The first-order chi connectivity index (χ1) is 23.8. The summed E-state index contributed by atoms with van der Waals surface area (Å²) < 4.78 is 52.7. The third kappa shape index (κ3) is 8.85. The number of hydrogen-bond acceptors (Lipinski definition) is 10. The molecule has 1 aromatic heterocycles. The zero-order chi connectivity index (χ0) is 36.0. The number of aryl methyl sites for hydroxylation is 1. The molecule has 15 nitrogen and oxygen atoms in total. The highest BCUT2D eigenvalue weighted by Gasteiger charge is 2.33. The van der Waals surface area contributed by atoms with E-state index in [9.17, 15) is 23.1 Å². The van der Waals surface area contributed by atoms with Crippen LogP contribution >= 0.6 is 0 Å². The van der Waals surface area contributed by atoms with Gasteiger partial charge in [0.05, 0.1) is 36.7 Å². The molecule has 3 aromatic rings. The lowest BCUT2D eigenvalue weighted by molar-refractivity contribution is -0.00835. The summed E-state index contributed by atoms with van der Waals surface area (Å²) in [5.74, 6) is 0.677. The van der Waals surface area contributed by atoms with Gasteiger partial charge in [-0.3, -0.25) is 4.79 Å². The van der Waals surface area contributed by atoms with Crippen LogP contribution in [0.4, 0.5) is 16.2 Å². The van der Waals surface area contributed by atoms with Crippen molar-refractivity contribution in [3.05, 3.63) is 54.5 Å². The minimum atomic E-state index is -3.90. The molecule has 5 rings (SSSR count). The SMILES string of the molecule is C[C@@H]1CCCCO[C@H](CN(C)S(=O)(=O)c2cn(C)cn2)[C@@H](C)CN([C@H](C)CO)C(=O)c2cc(NC(=O)Nc3ccc4c(c3)OCO4)ccc2O1. The summed E-state index contributed by atoms with van der Waals surface area (Å²) in [5.41, 5.74) is 1.04. The van der Waals surface area contributed by atoms with Crippen LogP contribution in [0.25, 0.3) is 0 Å². The fourth-order valence-corrected chi connectivity index (χ4v) is 6.91. The predicted octanol–water partition coefficient (Wildman–Crippen LogP) is 3.91. The molecule has 2 aliphatic rings. The summed E-state index contributed by atoms with van der Waals surface area (Å²) in [5, 5.41) is 15.7. The number of urea groups is 1. The van der Waals surface area contributed by atoms with Crippen LogP contribution in [0.5, 0.6) is 17.2 Å². The average Bonchev–Trinajstić information content (AvgIpc) is 3.75. The van der Waals surface area contributed by atoms with E-state index in [0.717, 1.165) is 12.8 Å². The molecule has 0 unspecified atom stereocenters. The van der Waals surface area contributed by atoms with E-state index in [0.29, 0.717) is 41.7 Å². The number of amides is 3. The van der Waals surface area contributed by atoms with Crippen molar-refractivity contribution >= 4 is 33.3 Å². The molecule has 50 heavy (non-hydrogen) atoms. The lowest BCUT2D eigenvalue weighted by Gasteiger charge is -2.35.